The molecule has 2 heterocycles. The Morgan fingerprint density at radius 1 is 0.439 bits per heavy atom. The van der Waals surface area contributed by atoms with E-state index in [1.807, 2.05) is 60.8 Å². The lowest BCUT2D eigenvalue weighted by atomic mass is 9.81. The zero-order valence-electron chi connectivity index (χ0n) is 31.6. The van der Waals surface area contributed by atoms with E-state index in [1.165, 1.54) is 27.8 Å². The van der Waals surface area contributed by atoms with Crippen LogP contribution in [0.5, 0.6) is 0 Å². The molecule has 0 unspecified atom stereocenters. The predicted molar refractivity (Wildman–Crippen MR) is 232 cm³/mol. The van der Waals surface area contributed by atoms with E-state index in [9.17, 15) is 5.26 Å². The summed E-state index contributed by atoms with van der Waals surface area (Å²) < 4.78 is 0. The first-order valence-corrected chi connectivity index (χ1v) is 19.2. The van der Waals surface area contributed by atoms with Crippen molar-refractivity contribution in [3.05, 3.63) is 199 Å². The molecule has 1 aliphatic rings. The largest absolute Gasteiger partial charge is 0.256 e. The summed E-state index contributed by atoms with van der Waals surface area (Å²) in [6, 6.07) is 63.9. The first-order valence-electron chi connectivity index (χ1n) is 19.2. The Kier molecular flexibility index (Phi) is 8.17. The average molecular weight is 729 g/mol. The van der Waals surface area contributed by atoms with Crippen LogP contribution in [0.3, 0.4) is 0 Å². The number of hydrogen-bond donors (Lipinski definition) is 0. The zero-order valence-corrected chi connectivity index (χ0v) is 31.6. The Labute approximate surface area is 332 Å². The van der Waals surface area contributed by atoms with Gasteiger partial charge in [-0.1, -0.05) is 129 Å². The Hall–Kier alpha value is -7.48. The van der Waals surface area contributed by atoms with Crippen LogP contribution in [0.15, 0.2) is 182 Å². The van der Waals surface area contributed by atoms with Crippen LogP contribution >= 0.6 is 0 Å². The maximum atomic E-state index is 9.71. The molecule has 0 fully saturated rings. The molecule has 10 rings (SSSR count). The van der Waals surface area contributed by atoms with Crippen LogP contribution in [0.4, 0.5) is 0 Å². The fraction of sp³-hybridized carbons (Fsp3) is 0.0566. The molecule has 268 valence electrons. The van der Waals surface area contributed by atoms with Crippen molar-refractivity contribution in [1.29, 1.82) is 5.26 Å². The third kappa shape index (κ3) is 6.16. The van der Waals surface area contributed by atoms with Crippen LogP contribution in [0.1, 0.15) is 30.5 Å². The number of nitriles is 1. The summed E-state index contributed by atoms with van der Waals surface area (Å²) in [4.78, 5) is 15.3. The molecule has 0 radical (unpaired) electrons. The second kappa shape index (κ2) is 13.7. The molecule has 0 saturated carbocycles. The maximum Gasteiger partial charge on any atom is 0.160 e. The number of fused-ring (bicyclic) bond motifs is 4. The minimum Gasteiger partial charge on any atom is -0.256 e. The van der Waals surface area contributed by atoms with Gasteiger partial charge in [-0.2, -0.15) is 5.26 Å². The second-order valence-electron chi connectivity index (χ2n) is 15.2. The molecule has 1 aliphatic carbocycles. The lowest BCUT2D eigenvalue weighted by Gasteiger charge is -2.22. The SMILES string of the molecule is CC1(C)c2cc(C#N)ccc2-c2ccc(-c3cc(-c4cccc(-c5ccccc5)c4)cc(-c4nc(-c5ccccc5)cc(-c5cnc6ccccc6c5)n4)c3)cc21. The first kappa shape index (κ1) is 34.0. The summed E-state index contributed by atoms with van der Waals surface area (Å²) in [6.45, 7) is 4.51. The van der Waals surface area contributed by atoms with Crippen molar-refractivity contribution in [2.75, 3.05) is 0 Å². The van der Waals surface area contributed by atoms with Gasteiger partial charge < -0.3 is 0 Å². The van der Waals surface area contributed by atoms with Crippen molar-refractivity contribution in [2.45, 2.75) is 19.3 Å². The average Bonchev–Trinajstić information content (AvgIpc) is 3.51. The Balaban J connectivity index is 1.18. The highest BCUT2D eigenvalue weighted by Crippen LogP contribution is 2.50. The topological polar surface area (TPSA) is 62.5 Å². The lowest BCUT2D eigenvalue weighted by Crippen LogP contribution is -2.15. The summed E-state index contributed by atoms with van der Waals surface area (Å²) in [5.74, 6) is 0.639. The summed E-state index contributed by atoms with van der Waals surface area (Å²) in [7, 11) is 0. The van der Waals surface area contributed by atoms with Crippen LogP contribution in [0.2, 0.25) is 0 Å². The monoisotopic (exact) mass is 728 g/mol. The molecule has 0 saturated heterocycles. The van der Waals surface area contributed by atoms with Crippen molar-refractivity contribution < 1.29 is 0 Å². The fourth-order valence-corrected chi connectivity index (χ4v) is 8.28. The van der Waals surface area contributed by atoms with Gasteiger partial charge in [0.25, 0.3) is 0 Å². The number of para-hydroxylation sites is 1. The van der Waals surface area contributed by atoms with Crippen molar-refractivity contribution in [2.24, 2.45) is 0 Å². The van der Waals surface area contributed by atoms with Gasteiger partial charge in [-0.05, 0) is 116 Å². The minimum atomic E-state index is -0.270. The number of aromatic nitrogens is 3. The number of nitrogens with zero attached hydrogens (tertiary/aromatic N) is 4. The molecule has 9 aromatic rings. The van der Waals surface area contributed by atoms with E-state index in [-0.39, 0.29) is 5.41 Å². The van der Waals surface area contributed by atoms with Crippen molar-refractivity contribution in [3.63, 3.8) is 0 Å². The molecular weight excluding hydrogens is 693 g/mol. The number of benzene rings is 7. The van der Waals surface area contributed by atoms with Gasteiger partial charge in [0.1, 0.15) is 0 Å². The molecule has 0 aliphatic heterocycles. The third-order valence-electron chi connectivity index (χ3n) is 11.3. The first-order chi connectivity index (χ1) is 27.9. The van der Waals surface area contributed by atoms with Gasteiger partial charge in [0.15, 0.2) is 5.82 Å². The van der Waals surface area contributed by atoms with E-state index in [2.05, 4.69) is 141 Å². The Morgan fingerprint density at radius 2 is 1.00 bits per heavy atom. The molecule has 0 amide bonds. The summed E-state index contributed by atoms with van der Waals surface area (Å²) in [5, 5.41) is 10.8. The van der Waals surface area contributed by atoms with Gasteiger partial charge in [-0.25, -0.2) is 9.97 Å². The van der Waals surface area contributed by atoms with Crippen molar-refractivity contribution in [3.8, 4) is 84.5 Å². The molecule has 2 aromatic heterocycles. The maximum absolute atomic E-state index is 9.71. The van der Waals surface area contributed by atoms with Gasteiger partial charge in [-0.15, -0.1) is 0 Å². The smallest absolute Gasteiger partial charge is 0.160 e. The van der Waals surface area contributed by atoms with Crippen LogP contribution in [-0.2, 0) is 5.41 Å². The molecule has 0 atom stereocenters. The minimum absolute atomic E-state index is 0.270. The molecule has 0 N–H and O–H groups in total. The molecule has 0 bridgehead atoms. The standard InChI is InChI=1S/C53H36N4/c1-53(2)47-24-34(32-54)20-22-45(47)46-23-21-39(30-48(46)53)42-27-41(38-18-11-17-37(25-38)35-12-5-3-6-13-35)28-43(29-42)52-56-50(36-14-7-4-8-15-36)31-51(57-52)44-26-40-16-9-10-19-49(40)55-33-44/h3-31,33H,1-2H3. The molecule has 7 aromatic carbocycles. The van der Waals surface area contributed by atoms with Crippen LogP contribution in [0.25, 0.3) is 89.3 Å². The number of rotatable bonds is 6. The molecule has 4 heteroatoms. The molecular formula is C53H36N4. The van der Waals surface area contributed by atoms with Gasteiger partial charge in [0.05, 0.1) is 28.5 Å². The lowest BCUT2D eigenvalue weighted by molar-refractivity contribution is 0.660. The van der Waals surface area contributed by atoms with E-state index in [0.29, 0.717) is 11.4 Å². The Bertz CT molecular complexity index is 3050. The van der Waals surface area contributed by atoms with Crippen molar-refractivity contribution >= 4 is 10.9 Å². The number of pyridine rings is 1. The Morgan fingerprint density at radius 3 is 1.74 bits per heavy atom. The second-order valence-corrected chi connectivity index (χ2v) is 15.2. The van der Waals surface area contributed by atoms with Crippen LogP contribution in [0, 0.1) is 11.3 Å². The normalized spacial score (nSPS) is 12.5. The van der Waals surface area contributed by atoms with E-state index < -0.39 is 0 Å². The zero-order chi connectivity index (χ0) is 38.5. The third-order valence-corrected chi connectivity index (χ3v) is 11.3. The van der Waals surface area contributed by atoms with E-state index in [0.717, 1.165) is 66.8 Å². The van der Waals surface area contributed by atoms with Gasteiger partial charge in [0.2, 0.25) is 0 Å². The predicted octanol–water partition coefficient (Wildman–Crippen LogP) is 13.2. The summed E-state index contributed by atoms with van der Waals surface area (Å²) in [5.41, 5.74) is 17.4. The fourth-order valence-electron chi connectivity index (χ4n) is 8.28. The molecule has 57 heavy (non-hydrogen) atoms. The molecule has 4 nitrogen and oxygen atoms in total. The van der Waals surface area contributed by atoms with E-state index in [1.54, 1.807) is 0 Å². The van der Waals surface area contributed by atoms with Crippen LogP contribution in [-0.4, -0.2) is 15.0 Å². The van der Waals surface area contributed by atoms with Crippen molar-refractivity contribution in [1.82, 2.24) is 15.0 Å². The summed E-state index contributed by atoms with van der Waals surface area (Å²) in [6.07, 6.45) is 1.91. The van der Waals surface area contributed by atoms with Gasteiger partial charge in [-0.3, -0.25) is 4.98 Å². The van der Waals surface area contributed by atoms with Crippen LogP contribution < -0.4 is 0 Å². The quantitative estimate of drug-likeness (QED) is 0.171. The number of hydrogen-bond acceptors (Lipinski definition) is 4. The van der Waals surface area contributed by atoms with E-state index >= 15 is 0 Å². The highest BCUT2D eigenvalue weighted by molar-refractivity contribution is 5.88. The van der Waals surface area contributed by atoms with E-state index in [4.69, 9.17) is 15.0 Å². The van der Waals surface area contributed by atoms with Gasteiger partial charge in [0, 0.05) is 33.7 Å². The molecule has 0 spiro atoms. The van der Waals surface area contributed by atoms with Gasteiger partial charge >= 0.3 is 0 Å². The highest BCUT2D eigenvalue weighted by atomic mass is 14.9. The highest BCUT2D eigenvalue weighted by Gasteiger charge is 2.36. The summed E-state index contributed by atoms with van der Waals surface area (Å²) >= 11 is 0.